The van der Waals surface area contributed by atoms with Gasteiger partial charge in [-0.1, -0.05) is 30.3 Å². The van der Waals surface area contributed by atoms with Gasteiger partial charge in [0.15, 0.2) is 0 Å². The lowest BCUT2D eigenvalue weighted by atomic mass is 10.1. The fourth-order valence-electron chi connectivity index (χ4n) is 1.61. The van der Waals surface area contributed by atoms with Crippen molar-refractivity contribution in [3.05, 3.63) is 70.3 Å². The molecule has 0 aromatic heterocycles. The number of nitro benzene ring substituents is 1. The van der Waals surface area contributed by atoms with E-state index < -0.39 is 16.9 Å². The number of benzene rings is 2. The third-order valence-corrected chi connectivity index (χ3v) is 2.68. The van der Waals surface area contributed by atoms with Crippen molar-refractivity contribution in [3.63, 3.8) is 0 Å². The third kappa shape index (κ3) is 3.18. The Balaban J connectivity index is 2.06. The highest BCUT2D eigenvalue weighted by molar-refractivity contribution is 5.79. The molecule has 0 aliphatic rings. The lowest BCUT2D eigenvalue weighted by molar-refractivity contribution is -0.384. The van der Waals surface area contributed by atoms with E-state index in [9.17, 15) is 14.9 Å². The Kier molecular flexibility index (Phi) is 4.07. The van der Waals surface area contributed by atoms with Crippen LogP contribution in [0.1, 0.15) is 11.6 Å². The summed E-state index contributed by atoms with van der Waals surface area (Å²) in [6.07, 6.45) is 0. The van der Waals surface area contributed by atoms with Gasteiger partial charge in [-0.05, 0) is 17.7 Å². The van der Waals surface area contributed by atoms with E-state index in [0.717, 1.165) is 0 Å². The fourth-order valence-corrected chi connectivity index (χ4v) is 1.61. The van der Waals surface area contributed by atoms with Gasteiger partial charge in [0, 0.05) is 12.1 Å². The van der Waals surface area contributed by atoms with Crippen LogP contribution in [0.4, 0.5) is 5.69 Å². The number of carbonyl (C=O) groups is 1. The topological polar surface area (TPSA) is 95.5 Å². The van der Waals surface area contributed by atoms with Crippen molar-refractivity contribution in [1.82, 2.24) is 0 Å². The van der Waals surface area contributed by atoms with Gasteiger partial charge in [0.05, 0.1) is 4.92 Å². The van der Waals surface area contributed by atoms with Crippen LogP contribution < -0.4 is 10.5 Å². The first-order chi connectivity index (χ1) is 9.58. The van der Waals surface area contributed by atoms with Crippen LogP contribution in [0.15, 0.2) is 54.6 Å². The predicted molar refractivity (Wildman–Crippen MR) is 72.1 cm³/mol. The van der Waals surface area contributed by atoms with E-state index >= 15 is 0 Å². The minimum absolute atomic E-state index is 0.0721. The Morgan fingerprint density at radius 3 is 2.25 bits per heavy atom. The first kappa shape index (κ1) is 13.7. The van der Waals surface area contributed by atoms with Crippen LogP contribution in [0.3, 0.4) is 0 Å². The van der Waals surface area contributed by atoms with Crippen LogP contribution in [0.2, 0.25) is 0 Å². The van der Waals surface area contributed by atoms with Crippen molar-refractivity contribution in [2.75, 3.05) is 0 Å². The molecule has 0 saturated heterocycles. The predicted octanol–water partition coefficient (Wildman–Crippen LogP) is 2.20. The number of nitrogens with two attached hydrogens (primary N) is 1. The SMILES string of the molecule is N[C@H](C(=O)Oc1ccc([N+](=O)[O-])cc1)c1ccccc1. The molecule has 102 valence electrons. The summed E-state index contributed by atoms with van der Waals surface area (Å²) < 4.78 is 5.08. The second kappa shape index (κ2) is 5.94. The molecular weight excluding hydrogens is 260 g/mol. The molecule has 0 bridgehead atoms. The molecule has 2 aromatic rings. The molecule has 0 aliphatic heterocycles. The number of nitro groups is 1. The zero-order chi connectivity index (χ0) is 14.5. The second-order valence-corrected chi connectivity index (χ2v) is 4.06. The Morgan fingerprint density at radius 1 is 1.10 bits per heavy atom. The van der Waals surface area contributed by atoms with Crippen LogP contribution in [0, 0.1) is 10.1 Å². The fraction of sp³-hybridized carbons (Fsp3) is 0.0714. The molecule has 2 N–H and O–H groups in total. The molecule has 6 nitrogen and oxygen atoms in total. The second-order valence-electron chi connectivity index (χ2n) is 4.06. The highest BCUT2D eigenvalue weighted by atomic mass is 16.6. The summed E-state index contributed by atoms with van der Waals surface area (Å²) in [5.41, 5.74) is 6.35. The largest absolute Gasteiger partial charge is 0.425 e. The van der Waals surface area contributed by atoms with Crippen molar-refractivity contribution >= 4 is 11.7 Å². The van der Waals surface area contributed by atoms with Crippen LogP contribution in [0.5, 0.6) is 5.75 Å². The molecule has 0 amide bonds. The molecule has 1 atom stereocenters. The summed E-state index contributed by atoms with van der Waals surface area (Å²) in [5, 5.41) is 10.5. The summed E-state index contributed by atoms with van der Waals surface area (Å²) in [5.74, 6) is -0.406. The van der Waals surface area contributed by atoms with Crippen molar-refractivity contribution < 1.29 is 14.5 Å². The maximum atomic E-state index is 11.9. The smallest absolute Gasteiger partial charge is 0.332 e. The molecule has 0 fully saturated rings. The van der Waals surface area contributed by atoms with Gasteiger partial charge >= 0.3 is 5.97 Å². The summed E-state index contributed by atoms with van der Waals surface area (Å²) >= 11 is 0. The van der Waals surface area contributed by atoms with E-state index in [1.54, 1.807) is 24.3 Å². The summed E-state index contributed by atoms with van der Waals surface area (Å²) in [4.78, 5) is 21.8. The summed E-state index contributed by atoms with van der Waals surface area (Å²) in [6, 6.07) is 13.1. The highest BCUT2D eigenvalue weighted by Gasteiger charge is 2.18. The van der Waals surface area contributed by atoms with Crippen LogP contribution in [-0.2, 0) is 4.79 Å². The van der Waals surface area contributed by atoms with Crippen molar-refractivity contribution in [2.24, 2.45) is 5.73 Å². The van der Waals surface area contributed by atoms with E-state index in [1.807, 2.05) is 6.07 Å². The molecule has 0 aliphatic carbocycles. The van der Waals surface area contributed by atoms with Gasteiger partial charge < -0.3 is 10.5 Å². The number of nitrogens with zero attached hydrogens (tertiary/aromatic N) is 1. The summed E-state index contributed by atoms with van der Waals surface area (Å²) in [6.45, 7) is 0. The van der Waals surface area contributed by atoms with Gasteiger partial charge in [0.1, 0.15) is 11.8 Å². The van der Waals surface area contributed by atoms with Gasteiger partial charge in [-0.25, -0.2) is 4.79 Å². The first-order valence-corrected chi connectivity index (χ1v) is 5.84. The van der Waals surface area contributed by atoms with Gasteiger partial charge in [-0.15, -0.1) is 0 Å². The van der Waals surface area contributed by atoms with Gasteiger partial charge in [-0.2, -0.15) is 0 Å². The lowest BCUT2D eigenvalue weighted by Crippen LogP contribution is -2.25. The molecule has 0 heterocycles. The molecule has 0 saturated carbocycles. The molecule has 0 spiro atoms. The van der Waals surface area contributed by atoms with Crippen LogP contribution in [-0.4, -0.2) is 10.9 Å². The first-order valence-electron chi connectivity index (χ1n) is 5.84. The van der Waals surface area contributed by atoms with E-state index in [0.29, 0.717) is 5.56 Å². The third-order valence-electron chi connectivity index (χ3n) is 2.68. The lowest BCUT2D eigenvalue weighted by Gasteiger charge is -2.11. The maximum absolute atomic E-state index is 11.9. The van der Waals surface area contributed by atoms with Crippen molar-refractivity contribution in [1.29, 1.82) is 0 Å². The number of non-ortho nitro benzene ring substituents is 1. The highest BCUT2D eigenvalue weighted by Crippen LogP contribution is 2.19. The standard InChI is InChI=1S/C14H12N2O4/c15-13(10-4-2-1-3-5-10)14(17)20-12-8-6-11(7-9-12)16(18)19/h1-9,13H,15H2/t13-/m0/s1. The molecular formula is C14H12N2O4. The van der Waals surface area contributed by atoms with Gasteiger partial charge in [0.2, 0.25) is 0 Å². The van der Waals surface area contributed by atoms with E-state index in [4.69, 9.17) is 10.5 Å². The quantitative estimate of drug-likeness (QED) is 0.398. The zero-order valence-electron chi connectivity index (χ0n) is 10.4. The van der Waals surface area contributed by atoms with Crippen LogP contribution >= 0.6 is 0 Å². The molecule has 0 radical (unpaired) electrons. The Morgan fingerprint density at radius 2 is 1.70 bits per heavy atom. The van der Waals surface area contributed by atoms with E-state index in [-0.39, 0.29) is 11.4 Å². The Labute approximate surface area is 114 Å². The molecule has 2 rings (SSSR count). The van der Waals surface area contributed by atoms with Crippen LogP contribution in [0.25, 0.3) is 0 Å². The monoisotopic (exact) mass is 272 g/mol. The molecule has 20 heavy (non-hydrogen) atoms. The van der Waals surface area contributed by atoms with Crippen molar-refractivity contribution in [2.45, 2.75) is 6.04 Å². The normalized spacial score (nSPS) is 11.7. The molecule has 6 heteroatoms. The summed E-state index contributed by atoms with van der Waals surface area (Å²) in [7, 11) is 0. The van der Waals surface area contributed by atoms with Gasteiger partial charge in [-0.3, -0.25) is 10.1 Å². The molecule has 0 unspecified atom stereocenters. The van der Waals surface area contributed by atoms with Gasteiger partial charge in [0.25, 0.3) is 5.69 Å². The Hall–Kier alpha value is -2.73. The number of esters is 1. The zero-order valence-corrected chi connectivity index (χ0v) is 10.4. The number of rotatable bonds is 4. The van der Waals surface area contributed by atoms with E-state index in [2.05, 4.69) is 0 Å². The minimum Gasteiger partial charge on any atom is -0.425 e. The Bertz CT molecular complexity index is 611. The van der Waals surface area contributed by atoms with Crippen molar-refractivity contribution in [3.8, 4) is 5.75 Å². The molecule has 2 aromatic carbocycles. The average Bonchev–Trinajstić information content (AvgIpc) is 2.48. The minimum atomic E-state index is -0.897. The van der Waals surface area contributed by atoms with E-state index in [1.165, 1.54) is 24.3 Å². The number of hydrogen-bond donors (Lipinski definition) is 1. The maximum Gasteiger partial charge on any atom is 0.332 e. The number of carbonyl (C=O) groups excluding carboxylic acids is 1. The average molecular weight is 272 g/mol. The number of hydrogen-bond acceptors (Lipinski definition) is 5. The number of ether oxygens (including phenoxy) is 1.